The minimum Gasteiger partial charge on any atom is -0.389 e. The number of oxazole rings is 1. The molecular formula is C19H20ClN4O3+. The number of nitrogens with zero attached hydrogens (tertiary/aromatic N) is 4. The standard InChI is InChI=1S/C19H20ClN4O3/c1-19(2,3)13-10-23-14-15(21-17(23)27-13)22(4)18(26)24(16(14)25)9-11-5-7-12(20)8-6-11/h5-8,10,14H,9H2,1-4H3/q+1. The highest BCUT2D eigenvalue weighted by Crippen LogP contribution is 2.33. The second-order valence-electron chi connectivity index (χ2n) is 7.80. The van der Waals surface area contributed by atoms with Gasteiger partial charge in [0.2, 0.25) is 0 Å². The lowest BCUT2D eigenvalue weighted by Crippen LogP contribution is -2.62. The Hall–Kier alpha value is -2.67. The Labute approximate surface area is 161 Å². The van der Waals surface area contributed by atoms with Gasteiger partial charge in [-0.2, -0.15) is 4.57 Å². The average Bonchev–Trinajstić information content (AvgIpc) is 3.16. The Morgan fingerprint density at radius 2 is 1.89 bits per heavy atom. The summed E-state index contributed by atoms with van der Waals surface area (Å²) in [5, 5.41) is 0.602. The Balaban J connectivity index is 1.70. The number of carbonyl (C=O) groups is 2. The second-order valence-corrected chi connectivity index (χ2v) is 8.24. The molecule has 1 aromatic carbocycles. The van der Waals surface area contributed by atoms with Gasteiger partial charge in [0, 0.05) is 22.5 Å². The zero-order valence-electron chi connectivity index (χ0n) is 15.6. The quantitative estimate of drug-likeness (QED) is 0.743. The average molecular weight is 388 g/mol. The molecule has 1 saturated heterocycles. The molecule has 2 aliphatic heterocycles. The third kappa shape index (κ3) is 2.82. The number of fused-ring (bicyclic) bond motifs is 3. The van der Waals surface area contributed by atoms with Gasteiger partial charge in [-0.05, 0) is 17.7 Å². The van der Waals surface area contributed by atoms with Gasteiger partial charge in [0.25, 0.3) is 17.8 Å². The normalized spacial score (nSPS) is 19.3. The van der Waals surface area contributed by atoms with Gasteiger partial charge in [-0.3, -0.25) is 14.6 Å². The summed E-state index contributed by atoms with van der Waals surface area (Å²) in [7, 11) is 1.62. The van der Waals surface area contributed by atoms with Crippen molar-refractivity contribution in [1.29, 1.82) is 0 Å². The number of imide groups is 1. The van der Waals surface area contributed by atoms with Gasteiger partial charge in [0.1, 0.15) is 6.20 Å². The van der Waals surface area contributed by atoms with Gasteiger partial charge in [-0.25, -0.2) is 4.79 Å². The second kappa shape index (κ2) is 5.92. The first kappa shape index (κ1) is 17.7. The van der Waals surface area contributed by atoms with Gasteiger partial charge in [0.05, 0.1) is 6.54 Å². The summed E-state index contributed by atoms with van der Waals surface area (Å²) in [5.74, 6) is 0.797. The number of rotatable bonds is 2. The van der Waals surface area contributed by atoms with Crippen LogP contribution in [-0.2, 0) is 16.8 Å². The van der Waals surface area contributed by atoms with Gasteiger partial charge < -0.3 is 4.42 Å². The predicted molar refractivity (Wildman–Crippen MR) is 98.9 cm³/mol. The van der Waals surface area contributed by atoms with E-state index in [1.54, 1.807) is 42.1 Å². The number of amides is 3. The maximum Gasteiger partial charge on any atom is 0.506 e. The van der Waals surface area contributed by atoms with Crippen molar-refractivity contribution >= 4 is 35.4 Å². The van der Waals surface area contributed by atoms with Crippen LogP contribution in [-0.4, -0.2) is 34.6 Å². The third-order valence-electron chi connectivity index (χ3n) is 4.77. The van der Waals surface area contributed by atoms with E-state index < -0.39 is 12.1 Å². The molecular weight excluding hydrogens is 368 g/mol. The lowest BCUT2D eigenvalue weighted by Gasteiger charge is -2.32. The van der Waals surface area contributed by atoms with E-state index >= 15 is 0 Å². The van der Waals surface area contributed by atoms with Gasteiger partial charge >= 0.3 is 12.0 Å². The molecule has 3 heterocycles. The number of aromatic nitrogens is 1. The summed E-state index contributed by atoms with van der Waals surface area (Å²) in [5.41, 5.74) is 0.607. The van der Waals surface area contributed by atoms with E-state index in [9.17, 15) is 9.59 Å². The van der Waals surface area contributed by atoms with Crippen molar-refractivity contribution in [1.82, 2.24) is 9.80 Å². The van der Waals surface area contributed by atoms with Crippen molar-refractivity contribution < 1.29 is 18.6 Å². The summed E-state index contributed by atoms with van der Waals surface area (Å²) in [4.78, 5) is 32.9. The first-order valence-corrected chi connectivity index (χ1v) is 9.02. The molecule has 0 radical (unpaired) electrons. The summed E-state index contributed by atoms with van der Waals surface area (Å²) in [6, 6.07) is 6.30. The van der Waals surface area contributed by atoms with E-state index in [-0.39, 0.29) is 17.9 Å². The molecule has 27 heavy (non-hydrogen) atoms. The first-order chi connectivity index (χ1) is 12.7. The molecule has 7 nitrogen and oxygen atoms in total. The Bertz CT molecular complexity index is 972. The topological polar surface area (TPSA) is 70.0 Å². The van der Waals surface area contributed by atoms with Crippen LogP contribution < -0.4 is 4.57 Å². The van der Waals surface area contributed by atoms with Crippen molar-refractivity contribution in [3.05, 3.63) is 46.8 Å². The van der Waals surface area contributed by atoms with E-state index in [0.717, 1.165) is 11.3 Å². The van der Waals surface area contributed by atoms with Crippen molar-refractivity contribution in [3.63, 3.8) is 0 Å². The van der Waals surface area contributed by atoms with Crippen molar-refractivity contribution in [2.75, 3.05) is 7.05 Å². The van der Waals surface area contributed by atoms with E-state index in [1.807, 2.05) is 20.8 Å². The highest BCUT2D eigenvalue weighted by Gasteiger charge is 2.55. The number of benzene rings is 1. The van der Waals surface area contributed by atoms with Crippen LogP contribution in [0.4, 0.5) is 10.8 Å². The van der Waals surface area contributed by atoms with Crippen molar-refractivity contribution in [3.8, 4) is 0 Å². The smallest absolute Gasteiger partial charge is 0.389 e. The summed E-state index contributed by atoms with van der Waals surface area (Å²) < 4.78 is 7.54. The molecule has 8 heteroatoms. The molecule has 140 valence electrons. The van der Waals surface area contributed by atoms with Crippen LogP contribution in [0, 0.1) is 0 Å². The molecule has 1 unspecified atom stereocenters. The van der Waals surface area contributed by atoms with Crippen molar-refractivity contribution in [2.24, 2.45) is 4.99 Å². The van der Waals surface area contributed by atoms with E-state index in [0.29, 0.717) is 16.9 Å². The molecule has 0 spiro atoms. The fourth-order valence-electron chi connectivity index (χ4n) is 3.18. The first-order valence-electron chi connectivity index (χ1n) is 8.64. The van der Waals surface area contributed by atoms with Crippen LogP contribution in [0.3, 0.4) is 0 Å². The molecule has 1 atom stereocenters. The van der Waals surface area contributed by atoms with Crippen LogP contribution in [0.25, 0.3) is 0 Å². The molecule has 0 aliphatic carbocycles. The van der Waals surface area contributed by atoms with Crippen LogP contribution >= 0.6 is 11.6 Å². The highest BCUT2D eigenvalue weighted by molar-refractivity contribution is 6.30. The summed E-state index contributed by atoms with van der Waals surface area (Å²) in [6.07, 6.45) is 1.80. The molecule has 1 fully saturated rings. The van der Waals surface area contributed by atoms with Crippen LogP contribution in [0.15, 0.2) is 39.9 Å². The fraction of sp³-hybridized carbons (Fsp3) is 0.368. The lowest BCUT2D eigenvalue weighted by atomic mass is 9.94. The van der Waals surface area contributed by atoms with E-state index in [1.165, 1.54) is 9.80 Å². The number of urea groups is 1. The monoisotopic (exact) mass is 387 g/mol. The minimum atomic E-state index is -0.699. The number of likely N-dealkylation sites (N-methyl/N-ethyl adjacent to an activating group) is 1. The maximum atomic E-state index is 13.2. The predicted octanol–water partition coefficient (Wildman–Crippen LogP) is 3.20. The molecule has 2 aliphatic rings. The SMILES string of the molecule is CN1C(=O)N(Cc2ccc(Cl)cc2)C(=O)C2C1=Nc1oc(C(C)(C)C)c[n+]12. The number of halogens is 1. The molecule has 0 bridgehead atoms. The summed E-state index contributed by atoms with van der Waals surface area (Å²) >= 11 is 5.92. The van der Waals surface area contributed by atoms with E-state index in [2.05, 4.69) is 4.99 Å². The number of hydrogen-bond donors (Lipinski definition) is 0. The van der Waals surface area contributed by atoms with Gasteiger partial charge in [-0.1, -0.05) is 44.5 Å². The van der Waals surface area contributed by atoms with Gasteiger partial charge in [-0.15, -0.1) is 0 Å². The highest BCUT2D eigenvalue weighted by atomic mass is 35.5. The van der Waals surface area contributed by atoms with E-state index in [4.69, 9.17) is 16.0 Å². The Morgan fingerprint density at radius 1 is 1.22 bits per heavy atom. The Morgan fingerprint density at radius 3 is 2.52 bits per heavy atom. The minimum absolute atomic E-state index is 0.169. The van der Waals surface area contributed by atoms with Crippen LogP contribution in [0.2, 0.25) is 5.02 Å². The largest absolute Gasteiger partial charge is 0.506 e. The number of hydrogen-bond acceptors (Lipinski definition) is 4. The van der Waals surface area contributed by atoms with Crippen molar-refractivity contribution in [2.45, 2.75) is 38.8 Å². The third-order valence-corrected chi connectivity index (χ3v) is 5.02. The summed E-state index contributed by atoms with van der Waals surface area (Å²) in [6.45, 7) is 6.24. The van der Waals surface area contributed by atoms with Crippen LogP contribution in [0.1, 0.15) is 38.1 Å². The van der Waals surface area contributed by atoms with Crippen LogP contribution in [0.5, 0.6) is 0 Å². The molecule has 1 aromatic heterocycles. The number of carbonyl (C=O) groups excluding carboxylic acids is 2. The fourth-order valence-corrected chi connectivity index (χ4v) is 3.31. The number of amidine groups is 1. The molecule has 0 saturated carbocycles. The zero-order valence-corrected chi connectivity index (χ0v) is 16.3. The maximum absolute atomic E-state index is 13.2. The zero-order chi connectivity index (χ0) is 19.5. The van der Waals surface area contributed by atoms with Gasteiger partial charge in [0.15, 0.2) is 5.76 Å². The molecule has 2 aromatic rings. The number of aliphatic imine (C=N–C) groups is 1. The molecule has 0 N–H and O–H groups in total. The Kier molecular flexibility index (Phi) is 3.89. The molecule has 3 amide bonds. The molecule has 4 rings (SSSR count). The lowest BCUT2D eigenvalue weighted by molar-refractivity contribution is -0.679.